The molecule has 3 rings (SSSR count). The normalized spacial score (nSPS) is 14.1. The summed E-state index contributed by atoms with van der Waals surface area (Å²) >= 11 is 0. The van der Waals surface area contributed by atoms with Gasteiger partial charge in [0.05, 0.1) is 11.3 Å². The third-order valence-corrected chi connectivity index (χ3v) is 3.14. The molecule has 1 aliphatic rings. The number of nitrogens with zero attached hydrogens (tertiary/aromatic N) is 1. The van der Waals surface area contributed by atoms with Crippen LogP contribution in [0.4, 0.5) is 10.2 Å². The highest BCUT2D eigenvalue weighted by Gasteiger charge is 2.22. The quantitative estimate of drug-likeness (QED) is 0.897. The van der Waals surface area contributed by atoms with E-state index in [-0.39, 0.29) is 11.4 Å². The van der Waals surface area contributed by atoms with Crippen LogP contribution in [0.5, 0.6) is 0 Å². The van der Waals surface area contributed by atoms with Crippen molar-refractivity contribution in [3.05, 3.63) is 47.8 Å². The average Bonchev–Trinajstić information content (AvgIpc) is 3.23. The second-order valence-electron chi connectivity index (χ2n) is 4.86. The summed E-state index contributed by atoms with van der Waals surface area (Å²) in [6.07, 6.45) is 2.15. The fourth-order valence-electron chi connectivity index (χ4n) is 1.93. The van der Waals surface area contributed by atoms with Gasteiger partial charge in [-0.1, -0.05) is 0 Å². The van der Waals surface area contributed by atoms with Crippen molar-refractivity contribution >= 4 is 11.8 Å². The van der Waals surface area contributed by atoms with Crippen molar-refractivity contribution in [2.75, 3.05) is 5.32 Å². The van der Waals surface area contributed by atoms with E-state index in [1.165, 1.54) is 24.3 Å². The predicted molar refractivity (Wildman–Crippen MR) is 73.2 cm³/mol. The lowest BCUT2D eigenvalue weighted by molar-refractivity contribution is 0.0697. The average molecular weight is 272 g/mol. The van der Waals surface area contributed by atoms with Gasteiger partial charge in [-0.2, -0.15) is 0 Å². The van der Waals surface area contributed by atoms with E-state index >= 15 is 0 Å². The molecule has 0 amide bonds. The van der Waals surface area contributed by atoms with Gasteiger partial charge < -0.3 is 10.4 Å². The smallest absolute Gasteiger partial charge is 0.335 e. The number of carboxylic acids is 1. The van der Waals surface area contributed by atoms with E-state index in [2.05, 4.69) is 10.3 Å². The van der Waals surface area contributed by atoms with Crippen LogP contribution in [0, 0.1) is 5.82 Å². The van der Waals surface area contributed by atoms with Gasteiger partial charge in [0, 0.05) is 11.6 Å². The summed E-state index contributed by atoms with van der Waals surface area (Å²) in [4.78, 5) is 15.6. The molecule has 0 aliphatic heterocycles. The topological polar surface area (TPSA) is 62.2 Å². The first-order valence-corrected chi connectivity index (χ1v) is 6.40. The number of aromatic carboxylic acids is 1. The summed E-state index contributed by atoms with van der Waals surface area (Å²) in [6.45, 7) is 0. The maximum atomic E-state index is 12.9. The Morgan fingerprint density at radius 1 is 1.25 bits per heavy atom. The van der Waals surface area contributed by atoms with Gasteiger partial charge in [-0.05, 0) is 49.2 Å². The molecule has 20 heavy (non-hydrogen) atoms. The number of anilines is 1. The molecule has 1 aromatic carbocycles. The van der Waals surface area contributed by atoms with Gasteiger partial charge in [0.2, 0.25) is 0 Å². The van der Waals surface area contributed by atoms with Gasteiger partial charge in [-0.3, -0.25) is 0 Å². The van der Waals surface area contributed by atoms with E-state index in [4.69, 9.17) is 5.11 Å². The molecule has 1 fully saturated rings. The van der Waals surface area contributed by atoms with Crippen LogP contribution >= 0.6 is 0 Å². The highest BCUT2D eigenvalue weighted by molar-refractivity contribution is 5.90. The van der Waals surface area contributed by atoms with Crippen LogP contribution in [0.2, 0.25) is 0 Å². The van der Waals surface area contributed by atoms with Crippen molar-refractivity contribution < 1.29 is 14.3 Å². The van der Waals surface area contributed by atoms with Crippen LogP contribution in [0.25, 0.3) is 11.3 Å². The first-order chi connectivity index (χ1) is 9.61. The van der Waals surface area contributed by atoms with Gasteiger partial charge >= 0.3 is 5.97 Å². The lowest BCUT2D eigenvalue weighted by Gasteiger charge is -2.08. The van der Waals surface area contributed by atoms with Crippen molar-refractivity contribution in [1.82, 2.24) is 4.98 Å². The monoisotopic (exact) mass is 272 g/mol. The Hall–Kier alpha value is -2.43. The molecule has 2 N–H and O–H groups in total. The summed E-state index contributed by atoms with van der Waals surface area (Å²) in [7, 11) is 0. The molecule has 1 heterocycles. The first-order valence-electron chi connectivity index (χ1n) is 6.40. The van der Waals surface area contributed by atoms with Crippen molar-refractivity contribution in [2.45, 2.75) is 18.9 Å². The number of carboxylic acid groups (broad SMARTS) is 1. The van der Waals surface area contributed by atoms with Crippen LogP contribution in [0.15, 0.2) is 36.4 Å². The maximum absolute atomic E-state index is 12.9. The third-order valence-electron chi connectivity index (χ3n) is 3.14. The van der Waals surface area contributed by atoms with Gasteiger partial charge in [-0.15, -0.1) is 0 Å². The zero-order valence-electron chi connectivity index (χ0n) is 10.6. The lowest BCUT2D eigenvalue weighted by atomic mass is 10.1. The molecule has 0 spiro atoms. The summed E-state index contributed by atoms with van der Waals surface area (Å²) in [6, 6.07) is 9.24. The molecule has 0 saturated heterocycles. The van der Waals surface area contributed by atoms with E-state index < -0.39 is 5.97 Å². The second-order valence-corrected chi connectivity index (χ2v) is 4.86. The Morgan fingerprint density at radius 3 is 2.55 bits per heavy atom. The molecule has 1 saturated carbocycles. The number of hydrogen-bond acceptors (Lipinski definition) is 3. The summed E-state index contributed by atoms with van der Waals surface area (Å²) in [5.41, 5.74) is 1.38. The van der Waals surface area contributed by atoms with Crippen molar-refractivity contribution in [3.8, 4) is 11.3 Å². The van der Waals surface area contributed by atoms with Gasteiger partial charge in [0.15, 0.2) is 0 Å². The largest absolute Gasteiger partial charge is 0.478 e. The van der Waals surface area contributed by atoms with Crippen molar-refractivity contribution in [2.24, 2.45) is 0 Å². The molecular weight excluding hydrogens is 259 g/mol. The fourth-order valence-corrected chi connectivity index (χ4v) is 1.93. The SMILES string of the molecule is O=C(O)c1cc(NC2CC2)nc(-c2ccc(F)cc2)c1. The molecule has 1 aromatic heterocycles. The van der Waals surface area contributed by atoms with Crippen LogP contribution < -0.4 is 5.32 Å². The summed E-state index contributed by atoms with van der Waals surface area (Å²) < 4.78 is 12.9. The zero-order valence-corrected chi connectivity index (χ0v) is 10.6. The number of benzene rings is 1. The van der Waals surface area contributed by atoms with E-state index in [0.717, 1.165) is 12.8 Å². The number of nitrogens with one attached hydrogen (secondary N) is 1. The molecule has 0 radical (unpaired) electrons. The minimum atomic E-state index is -1.00. The van der Waals surface area contributed by atoms with E-state index in [0.29, 0.717) is 23.1 Å². The number of aromatic nitrogens is 1. The molecule has 4 nitrogen and oxygen atoms in total. The fraction of sp³-hybridized carbons (Fsp3) is 0.200. The third kappa shape index (κ3) is 2.77. The second kappa shape index (κ2) is 4.92. The van der Waals surface area contributed by atoms with Gasteiger partial charge in [0.25, 0.3) is 0 Å². The Morgan fingerprint density at radius 2 is 1.95 bits per heavy atom. The molecular formula is C15H13FN2O2. The summed E-state index contributed by atoms with van der Waals surface area (Å²) in [5, 5.41) is 12.3. The predicted octanol–water partition coefficient (Wildman–Crippen LogP) is 3.16. The Balaban J connectivity index is 2.01. The highest BCUT2D eigenvalue weighted by Crippen LogP contribution is 2.27. The lowest BCUT2D eigenvalue weighted by Crippen LogP contribution is -2.06. The zero-order chi connectivity index (χ0) is 14.1. The van der Waals surface area contributed by atoms with Crippen LogP contribution in [-0.4, -0.2) is 22.1 Å². The van der Waals surface area contributed by atoms with Crippen LogP contribution in [-0.2, 0) is 0 Å². The molecule has 102 valence electrons. The Labute approximate surface area is 115 Å². The summed E-state index contributed by atoms with van der Waals surface area (Å²) in [5.74, 6) is -0.791. The van der Waals surface area contributed by atoms with Crippen molar-refractivity contribution in [3.63, 3.8) is 0 Å². The maximum Gasteiger partial charge on any atom is 0.335 e. The first kappa shape index (κ1) is 12.6. The number of pyridine rings is 1. The Bertz CT molecular complexity index is 651. The highest BCUT2D eigenvalue weighted by atomic mass is 19.1. The van der Waals surface area contributed by atoms with E-state index in [1.54, 1.807) is 12.1 Å². The molecule has 1 aliphatic carbocycles. The van der Waals surface area contributed by atoms with E-state index in [1.807, 2.05) is 0 Å². The molecule has 0 unspecified atom stereocenters. The number of halogens is 1. The van der Waals surface area contributed by atoms with E-state index in [9.17, 15) is 9.18 Å². The standard InChI is InChI=1S/C15H13FN2O2/c16-11-3-1-9(2-4-11)13-7-10(15(19)20)8-14(18-13)17-12-5-6-12/h1-4,7-8,12H,5-6H2,(H,17,18)(H,19,20). The number of rotatable bonds is 4. The van der Waals surface area contributed by atoms with Crippen LogP contribution in [0.3, 0.4) is 0 Å². The molecule has 0 bridgehead atoms. The molecule has 2 aromatic rings. The van der Waals surface area contributed by atoms with Crippen molar-refractivity contribution in [1.29, 1.82) is 0 Å². The molecule has 0 atom stereocenters. The van der Waals surface area contributed by atoms with Gasteiger partial charge in [-0.25, -0.2) is 14.2 Å². The van der Waals surface area contributed by atoms with Crippen LogP contribution in [0.1, 0.15) is 23.2 Å². The molecule has 5 heteroatoms. The minimum absolute atomic E-state index is 0.169. The number of carbonyl (C=O) groups is 1. The minimum Gasteiger partial charge on any atom is -0.478 e. The van der Waals surface area contributed by atoms with Gasteiger partial charge in [0.1, 0.15) is 11.6 Å². The number of hydrogen-bond donors (Lipinski definition) is 2. The Kier molecular flexibility index (Phi) is 3.10.